The molecule has 2 aromatic heterocycles. The Bertz CT molecular complexity index is 732. The molecule has 20 heavy (non-hydrogen) atoms. The summed E-state index contributed by atoms with van der Waals surface area (Å²) in [5.41, 5.74) is 1.39. The number of carbonyl (C=O) groups is 1. The number of amides is 1. The van der Waals surface area contributed by atoms with Crippen LogP contribution in [-0.2, 0) is 0 Å². The summed E-state index contributed by atoms with van der Waals surface area (Å²) < 4.78 is 0. The van der Waals surface area contributed by atoms with Gasteiger partial charge in [-0.15, -0.1) is 10.2 Å². The van der Waals surface area contributed by atoms with Crippen LogP contribution in [0.5, 0.6) is 0 Å². The second-order valence-electron chi connectivity index (χ2n) is 4.01. The van der Waals surface area contributed by atoms with Gasteiger partial charge in [0.15, 0.2) is 5.82 Å². The Kier molecular flexibility index (Phi) is 2.92. The summed E-state index contributed by atoms with van der Waals surface area (Å²) in [6.07, 6.45) is 0. The average molecular weight is 270 g/mol. The Hall–Kier alpha value is -3.10. The van der Waals surface area contributed by atoms with Gasteiger partial charge in [0, 0.05) is 11.3 Å². The van der Waals surface area contributed by atoms with Crippen molar-refractivity contribution in [3.63, 3.8) is 0 Å². The summed E-state index contributed by atoms with van der Waals surface area (Å²) in [5.74, 6) is 0.825. The maximum atomic E-state index is 11.8. The lowest BCUT2D eigenvalue weighted by Gasteiger charge is -2.03. The average Bonchev–Trinajstić information content (AvgIpc) is 3.10. The molecule has 0 fully saturated rings. The number of aromatic amines is 2. The minimum Gasteiger partial charge on any atom is -0.319 e. The van der Waals surface area contributed by atoms with E-state index in [0.717, 1.165) is 11.4 Å². The van der Waals surface area contributed by atoms with E-state index >= 15 is 0 Å². The van der Waals surface area contributed by atoms with Crippen molar-refractivity contribution in [3.8, 4) is 11.4 Å². The molecule has 0 bridgehead atoms. The van der Waals surface area contributed by atoms with Crippen LogP contribution in [0.3, 0.4) is 0 Å². The molecule has 1 aromatic carbocycles. The van der Waals surface area contributed by atoms with Crippen LogP contribution in [0.1, 0.15) is 16.4 Å². The molecule has 3 aromatic rings. The van der Waals surface area contributed by atoms with Crippen molar-refractivity contribution in [3.05, 3.63) is 35.9 Å². The fraction of sp³-hybridized carbons (Fsp3) is 0.0909. The van der Waals surface area contributed by atoms with Crippen molar-refractivity contribution >= 4 is 11.6 Å². The standard InChI is InChI=1S/C11H10N8O/c1-6-12-9(15-14-6)7-3-2-4-8(5-7)13-11(20)10-16-18-19-17-10/h2-5H,1H3,(H,13,20)(H,12,14,15)(H,16,17,18,19). The smallest absolute Gasteiger partial charge is 0.297 e. The van der Waals surface area contributed by atoms with Gasteiger partial charge in [0.1, 0.15) is 5.82 Å². The van der Waals surface area contributed by atoms with Crippen LogP contribution < -0.4 is 5.32 Å². The first-order valence-corrected chi connectivity index (χ1v) is 5.76. The molecule has 9 heteroatoms. The molecule has 2 heterocycles. The molecule has 3 rings (SSSR count). The Labute approximate surface area is 112 Å². The van der Waals surface area contributed by atoms with E-state index in [1.807, 2.05) is 13.0 Å². The number of aryl methyl sites for hydroxylation is 1. The Morgan fingerprint density at radius 3 is 2.90 bits per heavy atom. The van der Waals surface area contributed by atoms with E-state index in [2.05, 4.69) is 41.1 Å². The molecule has 0 spiro atoms. The van der Waals surface area contributed by atoms with Crippen LogP contribution in [0, 0.1) is 6.92 Å². The highest BCUT2D eigenvalue weighted by molar-refractivity contribution is 6.01. The van der Waals surface area contributed by atoms with Gasteiger partial charge in [-0.3, -0.25) is 9.89 Å². The van der Waals surface area contributed by atoms with Crippen molar-refractivity contribution in [2.24, 2.45) is 0 Å². The maximum Gasteiger partial charge on any atom is 0.297 e. The number of tetrazole rings is 1. The molecule has 0 atom stereocenters. The Morgan fingerprint density at radius 1 is 1.30 bits per heavy atom. The Morgan fingerprint density at radius 2 is 2.20 bits per heavy atom. The van der Waals surface area contributed by atoms with Crippen LogP contribution in [0.4, 0.5) is 5.69 Å². The summed E-state index contributed by atoms with van der Waals surface area (Å²) in [7, 11) is 0. The number of H-pyrrole nitrogens is 2. The lowest BCUT2D eigenvalue weighted by atomic mass is 10.2. The summed E-state index contributed by atoms with van der Waals surface area (Å²) in [5, 5.41) is 22.3. The molecule has 0 radical (unpaired) electrons. The fourth-order valence-corrected chi connectivity index (χ4v) is 1.65. The number of nitrogens with zero attached hydrogens (tertiary/aromatic N) is 5. The minimum atomic E-state index is -0.443. The second-order valence-corrected chi connectivity index (χ2v) is 4.01. The van der Waals surface area contributed by atoms with Gasteiger partial charge in [0.25, 0.3) is 11.7 Å². The molecule has 0 saturated carbocycles. The van der Waals surface area contributed by atoms with E-state index in [1.54, 1.807) is 18.2 Å². The highest BCUT2D eigenvalue weighted by atomic mass is 16.2. The third kappa shape index (κ3) is 2.36. The molecule has 1 amide bonds. The molecule has 0 aliphatic carbocycles. The normalized spacial score (nSPS) is 10.4. The zero-order valence-corrected chi connectivity index (χ0v) is 10.5. The first-order chi connectivity index (χ1) is 9.72. The largest absolute Gasteiger partial charge is 0.319 e. The van der Waals surface area contributed by atoms with Crippen LogP contribution in [0.15, 0.2) is 24.3 Å². The zero-order valence-electron chi connectivity index (χ0n) is 10.5. The van der Waals surface area contributed by atoms with Gasteiger partial charge in [-0.05, 0) is 24.3 Å². The monoisotopic (exact) mass is 270 g/mol. The number of benzene rings is 1. The number of carbonyl (C=O) groups excluding carboxylic acids is 1. The van der Waals surface area contributed by atoms with Gasteiger partial charge in [0.2, 0.25) is 0 Å². The predicted octanol–water partition coefficient (Wildman–Crippen LogP) is 0.546. The third-order valence-electron chi connectivity index (χ3n) is 2.52. The Balaban J connectivity index is 1.83. The number of aromatic nitrogens is 7. The maximum absolute atomic E-state index is 11.8. The molecular formula is C11H10N8O. The van der Waals surface area contributed by atoms with Gasteiger partial charge >= 0.3 is 0 Å². The van der Waals surface area contributed by atoms with Gasteiger partial charge in [-0.25, -0.2) is 4.98 Å². The van der Waals surface area contributed by atoms with Gasteiger partial charge in [-0.2, -0.15) is 10.3 Å². The molecule has 0 unspecified atom stereocenters. The van der Waals surface area contributed by atoms with Crippen molar-refractivity contribution in [1.29, 1.82) is 0 Å². The number of hydrogen-bond donors (Lipinski definition) is 3. The van der Waals surface area contributed by atoms with Crippen LogP contribution >= 0.6 is 0 Å². The van der Waals surface area contributed by atoms with Gasteiger partial charge < -0.3 is 5.32 Å². The third-order valence-corrected chi connectivity index (χ3v) is 2.52. The molecule has 0 saturated heterocycles. The predicted molar refractivity (Wildman–Crippen MR) is 68.7 cm³/mol. The van der Waals surface area contributed by atoms with E-state index in [4.69, 9.17) is 0 Å². The number of rotatable bonds is 3. The van der Waals surface area contributed by atoms with E-state index in [1.165, 1.54) is 0 Å². The van der Waals surface area contributed by atoms with Crippen molar-refractivity contribution in [2.75, 3.05) is 5.32 Å². The van der Waals surface area contributed by atoms with E-state index < -0.39 is 5.91 Å². The van der Waals surface area contributed by atoms with E-state index in [9.17, 15) is 4.79 Å². The molecule has 0 aliphatic heterocycles. The summed E-state index contributed by atoms with van der Waals surface area (Å²) >= 11 is 0. The first-order valence-electron chi connectivity index (χ1n) is 5.76. The van der Waals surface area contributed by atoms with Crippen molar-refractivity contribution < 1.29 is 4.79 Å². The minimum absolute atomic E-state index is 0.0239. The highest BCUT2D eigenvalue weighted by Gasteiger charge is 2.11. The van der Waals surface area contributed by atoms with E-state index in [0.29, 0.717) is 11.5 Å². The molecule has 3 N–H and O–H groups in total. The van der Waals surface area contributed by atoms with Crippen LogP contribution in [-0.4, -0.2) is 41.7 Å². The summed E-state index contributed by atoms with van der Waals surface area (Å²) in [4.78, 5) is 16.0. The van der Waals surface area contributed by atoms with Crippen LogP contribution in [0.25, 0.3) is 11.4 Å². The lowest BCUT2D eigenvalue weighted by molar-refractivity contribution is 0.101. The number of hydrogen-bond acceptors (Lipinski definition) is 6. The van der Waals surface area contributed by atoms with Gasteiger partial charge in [-0.1, -0.05) is 12.1 Å². The number of anilines is 1. The molecule has 100 valence electrons. The van der Waals surface area contributed by atoms with Crippen molar-refractivity contribution in [2.45, 2.75) is 6.92 Å². The second kappa shape index (κ2) is 4.88. The van der Waals surface area contributed by atoms with Crippen molar-refractivity contribution in [1.82, 2.24) is 35.8 Å². The van der Waals surface area contributed by atoms with E-state index in [-0.39, 0.29) is 5.82 Å². The molecular weight excluding hydrogens is 260 g/mol. The SMILES string of the molecule is Cc1nc(-c2cccc(NC(=O)c3nn[nH]n3)c2)n[nH]1. The first kappa shape index (κ1) is 12.0. The number of nitrogens with one attached hydrogen (secondary N) is 3. The molecule has 0 aliphatic rings. The highest BCUT2D eigenvalue weighted by Crippen LogP contribution is 2.19. The topological polar surface area (TPSA) is 125 Å². The molecule has 9 nitrogen and oxygen atoms in total. The summed E-state index contributed by atoms with van der Waals surface area (Å²) in [6, 6.07) is 7.17. The van der Waals surface area contributed by atoms with Crippen LogP contribution in [0.2, 0.25) is 0 Å². The lowest BCUT2D eigenvalue weighted by Crippen LogP contribution is -2.13. The summed E-state index contributed by atoms with van der Waals surface area (Å²) in [6.45, 7) is 1.82. The van der Waals surface area contributed by atoms with Gasteiger partial charge in [0.05, 0.1) is 0 Å². The zero-order chi connectivity index (χ0) is 13.9. The quantitative estimate of drug-likeness (QED) is 0.638. The fourth-order valence-electron chi connectivity index (χ4n) is 1.65.